The minimum Gasteiger partial charge on any atom is -0.113 e. The highest BCUT2D eigenvalue weighted by molar-refractivity contribution is 14.1. The van der Waals surface area contributed by atoms with Crippen LogP contribution in [0.25, 0.3) is 0 Å². The zero-order valence-electron chi connectivity index (χ0n) is 9.87. The fraction of sp³-hybridized carbons (Fsp3) is 0.200. The summed E-state index contributed by atoms with van der Waals surface area (Å²) in [5.74, 6) is 0. The second-order valence-electron chi connectivity index (χ2n) is 4.26. The highest BCUT2D eigenvalue weighted by Crippen LogP contribution is 2.30. The third-order valence-electron chi connectivity index (χ3n) is 2.96. The van der Waals surface area contributed by atoms with Crippen molar-refractivity contribution in [2.75, 3.05) is 0 Å². The normalized spacial score (nSPS) is 12.5. The molecule has 17 heavy (non-hydrogen) atoms. The number of rotatable bonds is 2. The predicted octanol–water partition coefficient (Wildman–Crippen LogP) is 5.24. The van der Waals surface area contributed by atoms with Crippen LogP contribution in [-0.2, 0) is 0 Å². The molecule has 0 amide bonds. The zero-order chi connectivity index (χ0) is 12.4. The van der Waals surface area contributed by atoms with Crippen LogP contribution < -0.4 is 0 Å². The van der Waals surface area contributed by atoms with Gasteiger partial charge in [0.2, 0.25) is 0 Å². The van der Waals surface area contributed by atoms with Crippen molar-refractivity contribution >= 4 is 34.2 Å². The number of aryl methyl sites for hydroxylation is 2. The van der Waals surface area contributed by atoms with E-state index in [2.05, 4.69) is 72.8 Å². The average Bonchev–Trinajstić information content (AvgIpc) is 2.32. The molecule has 1 unspecified atom stereocenters. The molecule has 88 valence electrons. The lowest BCUT2D eigenvalue weighted by Gasteiger charge is -2.12. The van der Waals surface area contributed by atoms with Gasteiger partial charge in [-0.3, -0.25) is 0 Å². The summed E-state index contributed by atoms with van der Waals surface area (Å²) >= 11 is 8.84. The van der Waals surface area contributed by atoms with E-state index in [1.807, 2.05) is 6.07 Å². The second-order valence-corrected chi connectivity index (χ2v) is 5.94. The molecule has 0 aliphatic heterocycles. The van der Waals surface area contributed by atoms with E-state index in [-0.39, 0.29) is 5.38 Å². The molecule has 0 nitrogen and oxygen atoms in total. The van der Waals surface area contributed by atoms with Gasteiger partial charge >= 0.3 is 0 Å². The first-order chi connectivity index (χ1) is 8.08. The molecule has 0 heterocycles. The molecule has 0 aliphatic rings. The molecule has 0 saturated carbocycles. The Morgan fingerprint density at radius 3 is 2.29 bits per heavy atom. The van der Waals surface area contributed by atoms with Gasteiger partial charge in [0, 0.05) is 3.57 Å². The van der Waals surface area contributed by atoms with Gasteiger partial charge in [-0.25, -0.2) is 0 Å². The summed E-state index contributed by atoms with van der Waals surface area (Å²) in [5, 5.41) is -0.0657. The van der Waals surface area contributed by atoms with Crippen LogP contribution in [0.15, 0.2) is 42.5 Å². The standard InChI is InChI=1S/C15H14ClI/c1-10-6-7-13(8-11(10)2)15(16)12-4-3-5-14(17)9-12/h3-9,15H,1-2H3. The molecule has 1 atom stereocenters. The molecule has 0 spiro atoms. The molecular weight excluding hydrogens is 343 g/mol. The third-order valence-corrected chi connectivity index (χ3v) is 4.14. The Hall–Kier alpha value is -0.540. The van der Waals surface area contributed by atoms with Crippen LogP contribution in [0.1, 0.15) is 27.6 Å². The van der Waals surface area contributed by atoms with Crippen LogP contribution in [0.4, 0.5) is 0 Å². The van der Waals surface area contributed by atoms with Crippen LogP contribution >= 0.6 is 34.2 Å². The number of hydrogen-bond donors (Lipinski definition) is 0. The first-order valence-corrected chi connectivity index (χ1v) is 7.06. The number of alkyl halides is 1. The quantitative estimate of drug-likeness (QED) is 0.510. The Labute approximate surface area is 121 Å². The molecule has 2 aromatic rings. The predicted molar refractivity (Wildman–Crippen MR) is 82.8 cm³/mol. The number of halogens is 2. The molecule has 0 bridgehead atoms. The molecule has 0 N–H and O–H groups in total. The van der Waals surface area contributed by atoms with E-state index >= 15 is 0 Å². The Morgan fingerprint density at radius 2 is 1.65 bits per heavy atom. The highest BCUT2D eigenvalue weighted by atomic mass is 127. The molecular formula is C15H14ClI. The van der Waals surface area contributed by atoms with E-state index in [1.165, 1.54) is 14.7 Å². The highest BCUT2D eigenvalue weighted by Gasteiger charge is 2.11. The van der Waals surface area contributed by atoms with Gasteiger partial charge in [0.05, 0.1) is 5.38 Å². The Kier molecular flexibility index (Phi) is 4.10. The Morgan fingerprint density at radius 1 is 0.941 bits per heavy atom. The minimum atomic E-state index is -0.0657. The van der Waals surface area contributed by atoms with Crippen molar-refractivity contribution in [2.45, 2.75) is 19.2 Å². The van der Waals surface area contributed by atoms with Crippen molar-refractivity contribution in [1.29, 1.82) is 0 Å². The topological polar surface area (TPSA) is 0 Å². The minimum absolute atomic E-state index is 0.0657. The molecule has 2 heteroatoms. The van der Waals surface area contributed by atoms with Crippen molar-refractivity contribution in [2.24, 2.45) is 0 Å². The van der Waals surface area contributed by atoms with Crippen LogP contribution in [0.3, 0.4) is 0 Å². The third kappa shape index (κ3) is 3.02. The van der Waals surface area contributed by atoms with Crippen molar-refractivity contribution < 1.29 is 0 Å². The van der Waals surface area contributed by atoms with Crippen LogP contribution in [0.5, 0.6) is 0 Å². The van der Waals surface area contributed by atoms with Crippen molar-refractivity contribution in [1.82, 2.24) is 0 Å². The van der Waals surface area contributed by atoms with Crippen molar-refractivity contribution in [3.8, 4) is 0 Å². The molecule has 0 fully saturated rings. The van der Waals surface area contributed by atoms with Gasteiger partial charge in [-0.1, -0.05) is 30.3 Å². The Balaban J connectivity index is 2.36. The molecule has 0 aliphatic carbocycles. The van der Waals surface area contributed by atoms with E-state index in [1.54, 1.807) is 0 Å². The van der Waals surface area contributed by atoms with Crippen LogP contribution in [-0.4, -0.2) is 0 Å². The SMILES string of the molecule is Cc1ccc(C(Cl)c2cccc(I)c2)cc1C. The van der Waals surface area contributed by atoms with Gasteiger partial charge in [-0.05, 0) is 70.8 Å². The smallest absolute Gasteiger partial charge is 0.0835 e. The van der Waals surface area contributed by atoms with Gasteiger partial charge in [0.1, 0.15) is 0 Å². The molecule has 2 aromatic carbocycles. The maximum atomic E-state index is 6.52. The first-order valence-electron chi connectivity index (χ1n) is 5.54. The van der Waals surface area contributed by atoms with E-state index < -0.39 is 0 Å². The second kappa shape index (κ2) is 5.40. The fourth-order valence-electron chi connectivity index (χ4n) is 1.78. The monoisotopic (exact) mass is 356 g/mol. The average molecular weight is 357 g/mol. The van der Waals surface area contributed by atoms with E-state index in [0.717, 1.165) is 11.1 Å². The Bertz CT molecular complexity index is 534. The maximum absolute atomic E-state index is 6.52. The zero-order valence-corrected chi connectivity index (χ0v) is 12.8. The maximum Gasteiger partial charge on any atom is 0.0835 e. The molecule has 2 rings (SSSR count). The fourth-order valence-corrected chi connectivity index (χ4v) is 2.62. The van der Waals surface area contributed by atoms with Crippen LogP contribution in [0.2, 0.25) is 0 Å². The van der Waals surface area contributed by atoms with E-state index in [9.17, 15) is 0 Å². The van der Waals surface area contributed by atoms with Gasteiger partial charge in [-0.15, -0.1) is 11.6 Å². The van der Waals surface area contributed by atoms with Gasteiger partial charge in [-0.2, -0.15) is 0 Å². The van der Waals surface area contributed by atoms with Gasteiger partial charge in [0.15, 0.2) is 0 Å². The lowest BCUT2D eigenvalue weighted by atomic mass is 10.0. The van der Waals surface area contributed by atoms with Crippen molar-refractivity contribution in [3.05, 3.63) is 68.3 Å². The van der Waals surface area contributed by atoms with Gasteiger partial charge in [0.25, 0.3) is 0 Å². The lowest BCUT2D eigenvalue weighted by molar-refractivity contribution is 1.12. The van der Waals surface area contributed by atoms with E-state index in [0.29, 0.717) is 0 Å². The van der Waals surface area contributed by atoms with Crippen molar-refractivity contribution in [3.63, 3.8) is 0 Å². The largest absolute Gasteiger partial charge is 0.113 e. The number of hydrogen-bond acceptors (Lipinski definition) is 0. The molecule has 0 radical (unpaired) electrons. The number of benzene rings is 2. The summed E-state index contributed by atoms with van der Waals surface area (Å²) in [6, 6.07) is 14.8. The summed E-state index contributed by atoms with van der Waals surface area (Å²) in [6.07, 6.45) is 0. The summed E-state index contributed by atoms with van der Waals surface area (Å²) in [6.45, 7) is 4.24. The van der Waals surface area contributed by atoms with Gasteiger partial charge < -0.3 is 0 Å². The summed E-state index contributed by atoms with van der Waals surface area (Å²) in [5.41, 5.74) is 4.91. The molecule has 0 aromatic heterocycles. The lowest BCUT2D eigenvalue weighted by Crippen LogP contribution is -1.95. The summed E-state index contributed by atoms with van der Waals surface area (Å²) in [4.78, 5) is 0. The summed E-state index contributed by atoms with van der Waals surface area (Å²) < 4.78 is 1.22. The van der Waals surface area contributed by atoms with Crippen LogP contribution in [0, 0.1) is 17.4 Å². The first kappa shape index (κ1) is 12.9. The van der Waals surface area contributed by atoms with E-state index in [4.69, 9.17) is 11.6 Å². The summed E-state index contributed by atoms with van der Waals surface area (Å²) in [7, 11) is 0. The molecule has 0 saturated heterocycles.